The molecule has 0 aromatic rings. The van der Waals surface area contributed by atoms with E-state index in [2.05, 4.69) is 4.99 Å². The lowest BCUT2D eigenvalue weighted by molar-refractivity contribution is 0.0970. The predicted octanol–water partition coefficient (Wildman–Crippen LogP) is 0.980. The molecule has 0 aliphatic rings. The molecule has 0 amide bonds. The molecule has 0 aromatic heterocycles. The summed E-state index contributed by atoms with van der Waals surface area (Å²) < 4.78 is 15.9. The summed E-state index contributed by atoms with van der Waals surface area (Å²) in [7, 11) is 1.85. The van der Waals surface area contributed by atoms with E-state index in [-0.39, 0.29) is 6.54 Å². The average Bonchev–Trinajstić information content (AvgIpc) is 2.18. The van der Waals surface area contributed by atoms with Crippen molar-refractivity contribution in [2.45, 2.75) is 18.9 Å². The Labute approximate surface area is 85.4 Å². The van der Waals surface area contributed by atoms with E-state index in [1.807, 2.05) is 13.8 Å². The van der Waals surface area contributed by atoms with E-state index in [1.54, 1.807) is 0 Å². The Bertz CT molecular complexity index is 213. The molecule has 0 fully saturated rings. The van der Waals surface area contributed by atoms with Crippen LogP contribution < -0.4 is 0 Å². The van der Waals surface area contributed by atoms with Gasteiger partial charge in [0.15, 0.2) is 0 Å². The van der Waals surface area contributed by atoms with Crippen LogP contribution >= 0.6 is 0 Å². The van der Waals surface area contributed by atoms with Crippen molar-refractivity contribution in [3.63, 3.8) is 0 Å². The second-order valence-electron chi connectivity index (χ2n) is 3.46. The van der Waals surface area contributed by atoms with Crippen LogP contribution in [0.15, 0.2) is 4.99 Å². The van der Waals surface area contributed by atoms with Crippen molar-refractivity contribution in [3.8, 4) is 0 Å². The largest absolute Gasteiger partial charge is 0.508 e. The molecule has 0 heterocycles. The van der Waals surface area contributed by atoms with E-state index in [1.165, 1.54) is 27.4 Å². The smallest absolute Gasteiger partial charge is 0.376 e. The minimum Gasteiger partial charge on any atom is -0.376 e. The molecular formula is C8H17NO4Si. The van der Waals surface area contributed by atoms with Crippen LogP contribution in [0.3, 0.4) is 0 Å². The van der Waals surface area contributed by atoms with Crippen LogP contribution in [0.25, 0.3) is 0 Å². The second-order valence-corrected chi connectivity index (χ2v) is 7.15. The van der Waals surface area contributed by atoms with Crippen molar-refractivity contribution in [1.29, 1.82) is 0 Å². The van der Waals surface area contributed by atoms with Gasteiger partial charge in [0.25, 0.3) is 0 Å². The molecule has 5 nitrogen and oxygen atoms in total. The summed E-state index contributed by atoms with van der Waals surface area (Å²) in [6.07, 6.45) is 1.50. The Morgan fingerprint density at radius 2 is 1.64 bits per heavy atom. The first kappa shape index (κ1) is 13.5. The lowest BCUT2D eigenvalue weighted by Crippen LogP contribution is -2.53. The monoisotopic (exact) mass is 219 g/mol. The molecule has 82 valence electrons. The van der Waals surface area contributed by atoms with Gasteiger partial charge in [-0.2, -0.15) is 0 Å². The van der Waals surface area contributed by atoms with Gasteiger partial charge in [-0.05, 0) is 0 Å². The van der Waals surface area contributed by atoms with Crippen molar-refractivity contribution in [2.24, 2.45) is 4.99 Å². The molecule has 0 radical (unpaired) electrons. The molecule has 0 aliphatic heterocycles. The first-order valence-electron chi connectivity index (χ1n) is 4.18. The molecule has 6 heteroatoms. The lowest BCUT2D eigenvalue weighted by Gasteiger charge is -2.37. The van der Waals surface area contributed by atoms with Gasteiger partial charge in [-0.25, -0.2) is 9.79 Å². The van der Waals surface area contributed by atoms with Crippen molar-refractivity contribution < 1.29 is 18.1 Å². The van der Waals surface area contributed by atoms with Gasteiger partial charge >= 0.3 is 8.80 Å². The van der Waals surface area contributed by atoms with Crippen molar-refractivity contribution in [1.82, 2.24) is 0 Å². The number of carbonyl (C=O) groups excluding carboxylic acids is 1. The molecule has 0 atom stereocenters. The third kappa shape index (κ3) is 2.49. The van der Waals surface area contributed by atoms with Crippen LogP contribution in [-0.4, -0.2) is 42.8 Å². The van der Waals surface area contributed by atoms with Crippen molar-refractivity contribution in [3.05, 3.63) is 0 Å². The summed E-state index contributed by atoms with van der Waals surface area (Å²) in [5.41, 5.74) is 0. The minimum absolute atomic E-state index is 0.276. The molecule has 0 aromatic carbocycles. The van der Waals surface area contributed by atoms with E-state index in [0.29, 0.717) is 0 Å². The highest BCUT2D eigenvalue weighted by molar-refractivity contribution is 6.64. The van der Waals surface area contributed by atoms with Gasteiger partial charge < -0.3 is 13.3 Å². The van der Waals surface area contributed by atoms with Gasteiger partial charge in [-0.15, -0.1) is 0 Å². The predicted molar refractivity (Wildman–Crippen MR) is 53.8 cm³/mol. The van der Waals surface area contributed by atoms with Crippen LogP contribution in [0.1, 0.15) is 13.8 Å². The number of isocyanates is 1. The molecule has 0 aliphatic carbocycles. The minimum atomic E-state index is -2.75. The highest BCUT2D eigenvalue weighted by atomic mass is 28.4. The van der Waals surface area contributed by atoms with Crippen molar-refractivity contribution >= 4 is 14.9 Å². The van der Waals surface area contributed by atoms with Gasteiger partial charge in [-0.3, -0.25) is 0 Å². The number of hydrogen-bond donors (Lipinski definition) is 0. The zero-order valence-electron chi connectivity index (χ0n) is 9.29. The first-order valence-corrected chi connectivity index (χ1v) is 5.91. The third-order valence-corrected chi connectivity index (χ3v) is 5.60. The molecule has 0 spiro atoms. The maximum Gasteiger partial charge on any atom is 0.508 e. The van der Waals surface area contributed by atoms with E-state index in [0.717, 1.165) is 0 Å². The zero-order chi connectivity index (χ0) is 11.2. The van der Waals surface area contributed by atoms with Gasteiger partial charge in [0.05, 0.1) is 11.6 Å². The summed E-state index contributed by atoms with van der Waals surface area (Å²) >= 11 is 0. The fraction of sp³-hybridized carbons (Fsp3) is 0.875. The van der Waals surface area contributed by atoms with Gasteiger partial charge in [-0.1, -0.05) is 13.8 Å². The molecule has 0 saturated heterocycles. The topological polar surface area (TPSA) is 57.1 Å². The van der Waals surface area contributed by atoms with Gasteiger partial charge in [0.1, 0.15) is 0 Å². The van der Waals surface area contributed by atoms with Crippen LogP contribution in [0.4, 0.5) is 0 Å². The molecular weight excluding hydrogens is 202 g/mol. The summed E-state index contributed by atoms with van der Waals surface area (Å²) in [5.74, 6) is 0. The fourth-order valence-corrected chi connectivity index (χ4v) is 3.84. The van der Waals surface area contributed by atoms with Crippen LogP contribution in [0, 0.1) is 0 Å². The highest BCUT2D eigenvalue weighted by Crippen LogP contribution is 2.38. The molecule has 0 bridgehead atoms. The average molecular weight is 219 g/mol. The maximum absolute atomic E-state index is 10.0. The molecule has 0 N–H and O–H groups in total. The van der Waals surface area contributed by atoms with Crippen LogP contribution in [-0.2, 0) is 18.1 Å². The molecule has 0 rings (SSSR count). The Morgan fingerprint density at radius 1 is 1.21 bits per heavy atom. The second kappa shape index (κ2) is 5.38. The number of nitrogens with zero attached hydrogens (tertiary/aromatic N) is 1. The first-order chi connectivity index (χ1) is 6.49. The molecule has 0 unspecified atom stereocenters. The van der Waals surface area contributed by atoms with E-state index in [9.17, 15) is 4.79 Å². The molecule has 0 saturated carbocycles. The summed E-state index contributed by atoms with van der Waals surface area (Å²) in [6.45, 7) is 4.05. The van der Waals surface area contributed by atoms with E-state index in [4.69, 9.17) is 13.3 Å². The summed E-state index contributed by atoms with van der Waals surface area (Å²) in [6, 6.07) is 0. The van der Waals surface area contributed by atoms with Gasteiger partial charge in [0.2, 0.25) is 6.08 Å². The third-order valence-electron chi connectivity index (χ3n) is 2.17. The molecule has 14 heavy (non-hydrogen) atoms. The fourth-order valence-electron chi connectivity index (χ4n) is 1.41. The number of rotatable bonds is 6. The number of hydrogen-bond acceptors (Lipinski definition) is 5. The SMILES string of the molecule is CO[Si](OC)(OC)C(C)(C)CN=C=O. The van der Waals surface area contributed by atoms with Crippen LogP contribution in [0.5, 0.6) is 0 Å². The zero-order valence-corrected chi connectivity index (χ0v) is 10.3. The highest BCUT2D eigenvalue weighted by Gasteiger charge is 2.53. The maximum atomic E-state index is 10.0. The van der Waals surface area contributed by atoms with Gasteiger partial charge in [0, 0.05) is 21.3 Å². The lowest BCUT2D eigenvalue weighted by atomic mass is 10.2. The normalized spacial score (nSPS) is 12.4. The summed E-state index contributed by atoms with van der Waals surface area (Å²) in [4.78, 5) is 13.6. The Hall–Kier alpha value is -0.523. The standard InChI is InChI=1S/C8H17NO4Si/c1-8(2,6-9-7-10)14(11-3,12-4)13-5/h6H2,1-5H3. The number of aliphatic imine (C=N–C) groups is 1. The van der Waals surface area contributed by atoms with Crippen LogP contribution in [0.2, 0.25) is 5.04 Å². The Morgan fingerprint density at radius 3 is 1.93 bits per heavy atom. The van der Waals surface area contributed by atoms with E-state index < -0.39 is 13.8 Å². The Balaban J connectivity index is 4.86. The Kier molecular flexibility index (Phi) is 5.18. The summed E-state index contributed by atoms with van der Waals surface area (Å²) in [5, 5.41) is -0.442. The van der Waals surface area contributed by atoms with Crippen molar-refractivity contribution in [2.75, 3.05) is 27.9 Å². The quantitative estimate of drug-likeness (QED) is 0.379. The van der Waals surface area contributed by atoms with E-state index >= 15 is 0 Å².